The van der Waals surface area contributed by atoms with Crippen molar-refractivity contribution in [2.75, 3.05) is 0 Å². The SMILES string of the molecule is Cc1cc(C(O)c2ccc(Br)o2)c(C)s1. The zero-order chi connectivity index (χ0) is 11.0. The maximum Gasteiger partial charge on any atom is 0.169 e. The van der Waals surface area contributed by atoms with E-state index in [9.17, 15) is 5.11 Å². The summed E-state index contributed by atoms with van der Waals surface area (Å²) in [5.41, 5.74) is 0.930. The molecule has 0 amide bonds. The van der Waals surface area contributed by atoms with Crippen LogP contribution in [-0.2, 0) is 0 Å². The zero-order valence-corrected chi connectivity index (χ0v) is 10.9. The van der Waals surface area contributed by atoms with Gasteiger partial charge in [0.25, 0.3) is 0 Å². The number of aryl methyl sites for hydroxylation is 2. The molecule has 0 aromatic carbocycles. The van der Waals surface area contributed by atoms with E-state index in [1.165, 1.54) is 4.88 Å². The summed E-state index contributed by atoms with van der Waals surface area (Å²) in [5.74, 6) is 0.572. The average Bonchev–Trinajstić information content (AvgIpc) is 2.71. The maximum absolute atomic E-state index is 10.1. The molecule has 0 aliphatic carbocycles. The van der Waals surface area contributed by atoms with Crippen LogP contribution in [0.4, 0.5) is 0 Å². The van der Waals surface area contributed by atoms with Gasteiger partial charge in [0.2, 0.25) is 0 Å². The number of hydrogen-bond donors (Lipinski definition) is 1. The summed E-state index contributed by atoms with van der Waals surface area (Å²) in [6, 6.07) is 5.56. The van der Waals surface area contributed by atoms with Crippen molar-refractivity contribution in [3.05, 3.63) is 43.9 Å². The van der Waals surface area contributed by atoms with Crippen molar-refractivity contribution in [1.29, 1.82) is 0 Å². The Kier molecular flexibility index (Phi) is 3.00. The lowest BCUT2D eigenvalue weighted by Crippen LogP contribution is -1.97. The number of thiophene rings is 1. The third-order valence-electron chi connectivity index (χ3n) is 2.24. The molecule has 0 fully saturated rings. The van der Waals surface area contributed by atoms with E-state index in [1.807, 2.05) is 19.9 Å². The number of rotatable bonds is 2. The van der Waals surface area contributed by atoms with Gasteiger partial charge >= 0.3 is 0 Å². The number of aliphatic hydroxyl groups is 1. The van der Waals surface area contributed by atoms with Gasteiger partial charge in [0.05, 0.1) is 0 Å². The molecule has 1 atom stereocenters. The monoisotopic (exact) mass is 286 g/mol. The molecule has 2 rings (SSSR count). The third-order valence-corrected chi connectivity index (χ3v) is 3.65. The van der Waals surface area contributed by atoms with E-state index in [0.29, 0.717) is 10.4 Å². The highest BCUT2D eigenvalue weighted by Crippen LogP contribution is 2.32. The van der Waals surface area contributed by atoms with E-state index in [-0.39, 0.29) is 0 Å². The fourth-order valence-electron chi connectivity index (χ4n) is 1.55. The summed E-state index contributed by atoms with van der Waals surface area (Å²) in [4.78, 5) is 2.33. The smallest absolute Gasteiger partial charge is 0.169 e. The maximum atomic E-state index is 10.1. The van der Waals surface area contributed by atoms with Crippen LogP contribution in [0.5, 0.6) is 0 Å². The first kappa shape index (κ1) is 10.9. The van der Waals surface area contributed by atoms with E-state index < -0.39 is 6.10 Å². The molecule has 1 unspecified atom stereocenters. The molecule has 0 radical (unpaired) electrons. The van der Waals surface area contributed by atoms with Gasteiger partial charge in [-0.3, -0.25) is 0 Å². The molecule has 0 aliphatic rings. The Labute approximate surface area is 101 Å². The number of aliphatic hydroxyl groups excluding tert-OH is 1. The zero-order valence-electron chi connectivity index (χ0n) is 8.45. The third kappa shape index (κ3) is 2.17. The first-order valence-electron chi connectivity index (χ1n) is 4.58. The topological polar surface area (TPSA) is 33.4 Å². The summed E-state index contributed by atoms with van der Waals surface area (Å²) in [6.07, 6.45) is -0.666. The highest BCUT2D eigenvalue weighted by Gasteiger charge is 2.18. The predicted octanol–water partition coefficient (Wildman–Crippen LogP) is 3.80. The molecule has 2 heterocycles. The number of furan rings is 1. The average molecular weight is 287 g/mol. The minimum atomic E-state index is -0.666. The largest absolute Gasteiger partial charge is 0.451 e. The van der Waals surface area contributed by atoms with Gasteiger partial charge in [-0.15, -0.1) is 11.3 Å². The second kappa shape index (κ2) is 4.12. The van der Waals surface area contributed by atoms with E-state index in [1.54, 1.807) is 23.5 Å². The molecular formula is C11H11BrO2S. The van der Waals surface area contributed by atoms with Crippen LogP contribution < -0.4 is 0 Å². The molecule has 80 valence electrons. The van der Waals surface area contributed by atoms with Crippen LogP contribution in [0.15, 0.2) is 27.3 Å². The van der Waals surface area contributed by atoms with Crippen LogP contribution >= 0.6 is 27.3 Å². The Morgan fingerprint density at radius 1 is 1.40 bits per heavy atom. The Morgan fingerprint density at radius 3 is 2.60 bits per heavy atom. The van der Waals surface area contributed by atoms with Crippen LogP contribution in [0.25, 0.3) is 0 Å². The second-order valence-electron chi connectivity index (χ2n) is 3.41. The Bertz CT molecular complexity index is 473. The highest BCUT2D eigenvalue weighted by atomic mass is 79.9. The lowest BCUT2D eigenvalue weighted by atomic mass is 10.1. The molecule has 0 spiro atoms. The summed E-state index contributed by atoms with van der Waals surface area (Å²) in [7, 11) is 0. The summed E-state index contributed by atoms with van der Waals surface area (Å²) in [5, 5.41) is 10.1. The molecule has 2 nitrogen and oxygen atoms in total. The minimum absolute atomic E-state index is 0.572. The van der Waals surface area contributed by atoms with Gasteiger partial charge in [-0.2, -0.15) is 0 Å². The van der Waals surface area contributed by atoms with E-state index in [4.69, 9.17) is 4.42 Å². The van der Waals surface area contributed by atoms with Crippen molar-refractivity contribution in [2.45, 2.75) is 20.0 Å². The Hall–Kier alpha value is -0.580. The van der Waals surface area contributed by atoms with Crippen LogP contribution in [0, 0.1) is 13.8 Å². The molecular weight excluding hydrogens is 276 g/mol. The molecule has 0 aliphatic heterocycles. The Balaban J connectivity index is 2.35. The van der Waals surface area contributed by atoms with Gasteiger partial charge in [0, 0.05) is 15.3 Å². The highest BCUT2D eigenvalue weighted by molar-refractivity contribution is 9.10. The van der Waals surface area contributed by atoms with Gasteiger partial charge in [0.15, 0.2) is 4.67 Å². The van der Waals surface area contributed by atoms with Crippen molar-refractivity contribution in [3.63, 3.8) is 0 Å². The van der Waals surface area contributed by atoms with Crippen molar-refractivity contribution in [1.82, 2.24) is 0 Å². The fourth-order valence-corrected chi connectivity index (χ4v) is 2.83. The molecule has 4 heteroatoms. The quantitative estimate of drug-likeness (QED) is 0.911. The van der Waals surface area contributed by atoms with Crippen LogP contribution in [0.3, 0.4) is 0 Å². The fraction of sp³-hybridized carbons (Fsp3) is 0.273. The van der Waals surface area contributed by atoms with Gasteiger partial charge in [0.1, 0.15) is 11.9 Å². The molecule has 0 saturated carbocycles. The molecule has 0 saturated heterocycles. The number of hydrogen-bond acceptors (Lipinski definition) is 3. The van der Waals surface area contributed by atoms with Gasteiger partial charge in [-0.25, -0.2) is 0 Å². The first-order chi connectivity index (χ1) is 7.08. The van der Waals surface area contributed by atoms with Gasteiger partial charge in [-0.05, 0) is 48.0 Å². The summed E-state index contributed by atoms with van der Waals surface area (Å²) in [6.45, 7) is 4.04. The second-order valence-corrected chi connectivity index (χ2v) is 5.66. The number of halogens is 1. The summed E-state index contributed by atoms with van der Waals surface area (Å²) < 4.78 is 5.98. The summed E-state index contributed by atoms with van der Waals surface area (Å²) >= 11 is 4.91. The Morgan fingerprint density at radius 2 is 2.13 bits per heavy atom. The van der Waals surface area contributed by atoms with Crippen molar-refractivity contribution in [2.24, 2.45) is 0 Å². The normalized spacial score (nSPS) is 13.1. The lowest BCUT2D eigenvalue weighted by Gasteiger charge is -2.06. The standard InChI is InChI=1S/C11H11BrO2S/c1-6-5-8(7(2)15-6)11(13)9-3-4-10(12)14-9/h3-5,11,13H,1-2H3. The predicted molar refractivity (Wildman–Crippen MR) is 64.3 cm³/mol. The van der Waals surface area contributed by atoms with E-state index in [2.05, 4.69) is 15.9 Å². The molecule has 2 aromatic heterocycles. The van der Waals surface area contributed by atoms with E-state index in [0.717, 1.165) is 10.4 Å². The first-order valence-corrected chi connectivity index (χ1v) is 6.19. The van der Waals surface area contributed by atoms with Crippen LogP contribution in [0.2, 0.25) is 0 Å². The van der Waals surface area contributed by atoms with Gasteiger partial charge in [-0.1, -0.05) is 0 Å². The van der Waals surface area contributed by atoms with Crippen molar-refractivity contribution >= 4 is 27.3 Å². The van der Waals surface area contributed by atoms with Crippen LogP contribution in [0.1, 0.15) is 27.2 Å². The van der Waals surface area contributed by atoms with Crippen molar-refractivity contribution < 1.29 is 9.52 Å². The molecule has 0 bridgehead atoms. The van der Waals surface area contributed by atoms with E-state index >= 15 is 0 Å². The van der Waals surface area contributed by atoms with Crippen LogP contribution in [-0.4, -0.2) is 5.11 Å². The van der Waals surface area contributed by atoms with Crippen molar-refractivity contribution in [3.8, 4) is 0 Å². The molecule has 1 N–H and O–H groups in total. The van der Waals surface area contributed by atoms with Gasteiger partial charge < -0.3 is 9.52 Å². The lowest BCUT2D eigenvalue weighted by molar-refractivity contribution is 0.187. The molecule has 15 heavy (non-hydrogen) atoms. The minimum Gasteiger partial charge on any atom is -0.451 e. The molecule has 2 aromatic rings.